The van der Waals surface area contributed by atoms with Gasteiger partial charge in [-0.15, -0.1) is 0 Å². The molecule has 1 amide bonds. The summed E-state index contributed by atoms with van der Waals surface area (Å²) in [5.74, 6) is -0.319. The van der Waals surface area contributed by atoms with Gasteiger partial charge in [-0.25, -0.2) is 4.39 Å². The van der Waals surface area contributed by atoms with Crippen molar-refractivity contribution < 1.29 is 9.18 Å². The van der Waals surface area contributed by atoms with Gasteiger partial charge in [0.25, 0.3) is 0 Å². The predicted octanol–water partition coefficient (Wildman–Crippen LogP) is 3.38. The molecule has 0 unspecified atom stereocenters. The van der Waals surface area contributed by atoms with E-state index in [9.17, 15) is 9.18 Å². The number of anilines is 1. The molecule has 0 fully saturated rings. The van der Waals surface area contributed by atoms with Crippen LogP contribution in [0.3, 0.4) is 0 Å². The van der Waals surface area contributed by atoms with Crippen molar-refractivity contribution in [2.45, 2.75) is 25.8 Å². The van der Waals surface area contributed by atoms with Gasteiger partial charge in [0.2, 0.25) is 5.91 Å². The normalized spacial score (nSPS) is 13.2. The molecule has 120 valence electrons. The highest BCUT2D eigenvalue weighted by Crippen LogP contribution is 2.24. The van der Waals surface area contributed by atoms with Crippen LogP contribution in [-0.2, 0) is 24.2 Å². The number of amides is 1. The molecule has 0 aliphatic heterocycles. The first kappa shape index (κ1) is 15.7. The number of hydrogen-bond donors (Lipinski definition) is 1. The summed E-state index contributed by atoms with van der Waals surface area (Å²) in [7, 11) is 1.81. The molecular weight excluding hydrogens is 291 g/mol. The molecule has 0 spiro atoms. The average molecular weight is 312 g/mol. The first-order valence-corrected chi connectivity index (χ1v) is 7.95. The second kappa shape index (κ2) is 6.92. The van der Waals surface area contributed by atoms with Crippen molar-refractivity contribution in [3.8, 4) is 0 Å². The summed E-state index contributed by atoms with van der Waals surface area (Å²) in [5, 5.41) is 2.93. The molecule has 0 saturated heterocycles. The lowest BCUT2D eigenvalue weighted by Gasteiger charge is -2.17. The Balaban J connectivity index is 1.55. The Morgan fingerprint density at radius 1 is 1.17 bits per heavy atom. The number of fused-ring (bicyclic) bond motifs is 1. The van der Waals surface area contributed by atoms with Crippen LogP contribution in [0, 0.1) is 5.82 Å². The molecular formula is C19H21FN2O. The minimum Gasteiger partial charge on any atom is -0.325 e. The van der Waals surface area contributed by atoms with Crippen molar-refractivity contribution in [2.75, 3.05) is 18.9 Å². The fraction of sp³-hybridized carbons (Fsp3) is 0.316. The van der Waals surface area contributed by atoms with Crippen LogP contribution in [0.2, 0.25) is 0 Å². The highest BCUT2D eigenvalue weighted by atomic mass is 19.1. The van der Waals surface area contributed by atoms with Gasteiger partial charge in [0.15, 0.2) is 0 Å². The van der Waals surface area contributed by atoms with Crippen molar-refractivity contribution in [2.24, 2.45) is 0 Å². The highest BCUT2D eigenvalue weighted by Gasteiger charge is 2.13. The zero-order chi connectivity index (χ0) is 16.2. The van der Waals surface area contributed by atoms with E-state index in [0.29, 0.717) is 12.1 Å². The lowest BCUT2D eigenvalue weighted by atomic mass is 10.1. The molecule has 0 aromatic heterocycles. The van der Waals surface area contributed by atoms with Crippen LogP contribution in [-0.4, -0.2) is 24.4 Å². The standard InChI is InChI=1S/C19H21FN2O/c1-22(12-16-5-2-3-8-18(16)20)13-19(23)21-17-10-9-14-6-4-7-15(14)11-17/h2-3,5,8-11H,4,6-7,12-13H2,1H3,(H,21,23). The van der Waals surface area contributed by atoms with Gasteiger partial charge in [0.1, 0.15) is 5.82 Å². The van der Waals surface area contributed by atoms with E-state index >= 15 is 0 Å². The maximum atomic E-state index is 13.6. The Hall–Kier alpha value is -2.20. The van der Waals surface area contributed by atoms with Gasteiger partial charge in [0.05, 0.1) is 6.54 Å². The van der Waals surface area contributed by atoms with Crippen molar-refractivity contribution in [3.05, 3.63) is 65.0 Å². The number of nitrogens with zero attached hydrogens (tertiary/aromatic N) is 1. The molecule has 3 nitrogen and oxygen atoms in total. The largest absolute Gasteiger partial charge is 0.325 e. The molecule has 1 N–H and O–H groups in total. The zero-order valence-corrected chi connectivity index (χ0v) is 13.3. The van der Waals surface area contributed by atoms with Crippen molar-refractivity contribution in [1.29, 1.82) is 0 Å². The van der Waals surface area contributed by atoms with E-state index in [4.69, 9.17) is 0 Å². The van der Waals surface area contributed by atoms with Crippen LogP contribution in [0.25, 0.3) is 0 Å². The van der Waals surface area contributed by atoms with Crippen molar-refractivity contribution in [3.63, 3.8) is 0 Å². The molecule has 4 heteroatoms. The molecule has 1 aliphatic carbocycles. The van der Waals surface area contributed by atoms with E-state index in [0.717, 1.165) is 18.5 Å². The fourth-order valence-electron chi connectivity index (χ4n) is 3.07. The Morgan fingerprint density at radius 2 is 1.96 bits per heavy atom. The van der Waals surface area contributed by atoms with E-state index in [1.807, 2.05) is 13.1 Å². The number of rotatable bonds is 5. The molecule has 23 heavy (non-hydrogen) atoms. The van der Waals surface area contributed by atoms with Crippen molar-refractivity contribution in [1.82, 2.24) is 4.90 Å². The minimum atomic E-state index is -0.238. The van der Waals surface area contributed by atoms with Gasteiger partial charge in [-0.3, -0.25) is 9.69 Å². The molecule has 1 aliphatic rings. The first-order valence-electron chi connectivity index (χ1n) is 7.95. The topological polar surface area (TPSA) is 32.3 Å². The monoisotopic (exact) mass is 312 g/mol. The third kappa shape index (κ3) is 3.96. The third-order valence-corrected chi connectivity index (χ3v) is 4.19. The fourth-order valence-corrected chi connectivity index (χ4v) is 3.07. The maximum absolute atomic E-state index is 13.6. The lowest BCUT2D eigenvalue weighted by molar-refractivity contribution is -0.117. The molecule has 0 saturated carbocycles. The molecule has 0 atom stereocenters. The molecule has 0 bridgehead atoms. The Kier molecular flexibility index (Phi) is 4.72. The van der Waals surface area contributed by atoms with Crippen molar-refractivity contribution >= 4 is 11.6 Å². The summed E-state index contributed by atoms with van der Waals surface area (Å²) >= 11 is 0. The van der Waals surface area contributed by atoms with Gasteiger partial charge < -0.3 is 5.32 Å². The number of aryl methyl sites for hydroxylation is 2. The molecule has 3 rings (SSSR count). The Bertz CT molecular complexity index is 714. The quantitative estimate of drug-likeness (QED) is 0.918. The smallest absolute Gasteiger partial charge is 0.238 e. The van der Waals surface area contributed by atoms with Gasteiger partial charge in [-0.2, -0.15) is 0 Å². The summed E-state index contributed by atoms with van der Waals surface area (Å²) in [6.45, 7) is 0.635. The Labute approximate surface area is 136 Å². The summed E-state index contributed by atoms with van der Waals surface area (Å²) in [5.41, 5.74) is 4.16. The Morgan fingerprint density at radius 3 is 2.78 bits per heavy atom. The second-order valence-corrected chi connectivity index (χ2v) is 6.15. The predicted molar refractivity (Wildman–Crippen MR) is 89.8 cm³/mol. The number of nitrogens with one attached hydrogen (secondary N) is 1. The highest BCUT2D eigenvalue weighted by molar-refractivity contribution is 5.92. The number of likely N-dealkylation sites (N-methyl/N-ethyl adjacent to an activating group) is 1. The van der Waals surface area contributed by atoms with Crippen LogP contribution < -0.4 is 5.32 Å². The number of hydrogen-bond acceptors (Lipinski definition) is 2. The van der Waals surface area contributed by atoms with Gasteiger partial charge in [0, 0.05) is 17.8 Å². The van der Waals surface area contributed by atoms with Gasteiger partial charge in [-0.1, -0.05) is 24.3 Å². The molecule has 2 aromatic carbocycles. The molecule has 2 aromatic rings. The summed E-state index contributed by atoms with van der Waals surface area (Å²) < 4.78 is 13.6. The second-order valence-electron chi connectivity index (χ2n) is 6.15. The van der Waals surface area contributed by atoms with Gasteiger partial charge >= 0.3 is 0 Å². The average Bonchev–Trinajstić information content (AvgIpc) is 2.97. The lowest BCUT2D eigenvalue weighted by Crippen LogP contribution is -2.30. The number of benzene rings is 2. The number of halogens is 1. The van der Waals surface area contributed by atoms with Crippen LogP contribution in [0.1, 0.15) is 23.1 Å². The SMILES string of the molecule is CN(CC(=O)Nc1ccc2c(c1)CCC2)Cc1ccccc1F. The maximum Gasteiger partial charge on any atom is 0.238 e. The van der Waals surface area contributed by atoms with Crippen LogP contribution in [0.15, 0.2) is 42.5 Å². The molecule has 0 heterocycles. The number of carbonyl (C=O) groups excluding carboxylic acids is 1. The van der Waals surface area contributed by atoms with Crippen LogP contribution in [0.5, 0.6) is 0 Å². The zero-order valence-electron chi connectivity index (χ0n) is 13.3. The summed E-state index contributed by atoms with van der Waals surface area (Å²) in [4.78, 5) is 14.0. The van der Waals surface area contributed by atoms with E-state index in [2.05, 4.69) is 17.4 Å². The van der Waals surface area contributed by atoms with Crippen LogP contribution >= 0.6 is 0 Å². The van der Waals surface area contributed by atoms with E-state index in [1.54, 1.807) is 23.1 Å². The van der Waals surface area contributed by atoms with Gasteiger partial charge in [-0.05, 0) is 55.6 Å². The van der Waals surface area contributed by atoms with E-state index in [1.165, 1.54) is 23.6 Å². The van der Waals surface area contributed by atoms with E-state index < -0.39 is 0 Å². The minimum absolute atomic E-state index is 0.0817. The van der Waals surface area contributed by atoms with E-state index in [-0.39, 0.29) is 18.3 Å². The van der Waals surface area contributed by atoms with Crippen LogP contribution in [0.4, 0.5) is 10.1 Å². The summed E-state index contributed by atoms with van der Waals surface area (Å²) in [6, 6.07) is 12.8. The third-order valence-electron chi connectivity index (χ3n) is 4.19. The molecule has 0 radical (unpaired) electrons. The first-order chi connectivity index (χ1) is 11.1. The number of carbonyl (C=O) groups is 1. The summed E-state index contributed by atoms with van der Waals surface area (Å²) in [6.07, 6.45) is 3.42.